The van der Waals surface area contributed by atoms with Gasteiger partial charge in [-0.15, -0.1) is 0 Å². The number of alkyl halides is 3. The minimum absolute atomic E-state index is 0.647. The maximum Gasteiger partial charge on any atom is 0.490 e. The van der Waals surface area contributed by atoms with Crippen molar-refractivity contribution in [3.05, 3.63) is 41.1 Å². The highest BCUT2D eigenvalue weighted by Gasteiger charge is 2.38. The van der Waals surface area contributed by atoms with E-state index in [0.29, 0.717) is 6.61 Å². The zero-order valence-corrected chi connectivity index (χ0v) is 16.1. The topological polar surface area (TPSA) is 80.7 Å². The lowest BCUT2D eigenvalue weighted by Gasteiger charge is -2.26. The van der Waals surface area contributed by atoms with Gasteiger partial charge in [-0.3, -0.25) is 9.58 Å². The fourth-order valence-corrected chi connectivity index (χ4v) is 3.21. The molecule has 1 aliphatic heterocycles. The van der Waals surface area contributed by atoms with Gasteiger partial charge in [0.2, 0.25) is 0 Å². The van der Waals surface area contributed by atoms with Crippen molar-refractivity contribution < 1.29 is 32.2 Å². The molecular weight excluding hydrogens is 391 g/mol. The van der Waals surface area contributed by atoms with Crippen molar-refractivity contribution in [2.24, 2.45) is 13.0 Å². The van der Waals surface area contributed by atoms with E-state index in [0.717, 1.165) is 50.0 Å². The van der Waals surface area contributed by atoms with Crippen LogP contribution in [0.4, 0.5) is 13.2 Å². The number of halogens is 3. The Bertz CT molecular complexity index is 814. The first-order chi connectivity index (χ1) is 13.7. The molecule has 0 atom stereocenters. The van der Waals surface area contributed by atoms with Gasteiger partial charge in [-0.1, -0.05) is 0 Å². The first-order valence-electron chi connectivity index (χ1n) is 9.40. The maximum absolute atomic E-state index is 10.6. The second-order valence-corrected chi connectivity index (χ2v) is 7.30. The summed E-state index contributed by atoms with van der Waals surface area (Å²) in [4.78, 5) is 11.3. The van der Waals surface area contributed by atoms with Crippen molar-refractivity contribution in [2.45, 2.75) is 45.1 Å². The number of hydrogen-bond acceptors (Lipinski definition) is 5. The molecule has 7 nitrogen and oxygen atoms in total. The molecule has 0 spiro atoms. The third-order valence-corrected chi connectivity index (χ3v) is 4.90. The van der Waals surface area contributed by atoms with E-state index in [9.17, 15) is 13.2 Å². The predicted octanol–water partition coefficient (Wildman–Crippen LogP) is 3.13. The summed E-state index contributed by atoms with van der Waals surface area (Å²) in [6.45, 7) is 4.39. The van der Waals surface area contributed by atoms with Crippen molar-refractivity contribution in [1.29, 1.82) is 0 Å². The first kappa shape index (κ1) is 21.4. The molecule has 0 unspecified atom stereocenters. The summed E-state index contributed by atoms with van der Waals surface area (Å²) in [6.07, 6.45) is 0.364. The quantitative estimate of drug-likeness (QED) is 0.781. The van der Waals surface area contributed by atoms with Crippen molar-refractivity contribution in [2.75, 3.05) is 13.2 Å². The molecule has 2 aromatic heterocycles. The number of aromatic nitrogens is 2. The summed E-state index contributed by atoms with van der Waals surface area (Å²) in [6, 6.07) is 3.99. The van der Waals surface area contributed by atoms with E-state index in [1.165, 1.54) is 24.1 Å². The van der Waals surface area contributed by atoms with Crippen LogP contribution in [-0.4, -0.2) is 45.1 Å². The number of aliphatic carboxylic acids is 1. The molecule has 2 aromatic rings. The smallest absolute Gasteiger partial charge is 0.475 e. The van der Waals surface area contributed by atoms with Gasteiger partial charge in [0.05, 0.1) is 25.1 Å². The van der Waals surface area contributed by atoms with Gasteiger partial charge in [-0.05, 0) is 30.9 Å². The van der Waals surface area contributed by atoms with E-state index in [-0.39, 0.29) is 0 Å². The van der Waals surface area contributed by atoms with Crippen molar-refractivity contribution in [3.8, 4) is 0 Å². The zero-order valence-electron chi connectivity index (χ0n) is 16.1. The average Bonchev–Trinajstić information content (AvgIpc) is 3.24. The summed E-state index contributed by atoms with van der Waals surface area (Å²) in [5.41, 5.74) is 3.83. The molecule has 0 saturated heterocycles. The van der Waals surface area contributed by atoms with Crippen LogP contribution in [-0.2, 0) is 42.7 Å². The Hall–Kier alpha value is -2.33. The van der Waals surface area contributed by atoms with Crippen LogP contribution in [0.5, 0.6) is 0 Å². The molecule has 0 radical (unpaired) electrons. The van der Waals surface area contributed by atoms with Crippen LogP contribution in [0.2, 0.25) is 0 Å². The van der Waals surface area contributed by atoms with E-state index >= 15 is 0 Å². The number of fused-ring (bicyclic) bond motifs is 1. The van der Waals surface area contributed by atoms with E-state index in [1.54, 1.807) is 6.26 Å². The van der Waals surface area contributed by atoms with Gasteiger partial charge in [0.25, 0.3) is 0 Å². The number of rotatable bonds is 6. The molecule has 160 valence electrons. The van der Waals surface area contributed by atoms with E-state index in [2.05, 4.69) is 10.00 Å². The lowest BCUT2D eigenvalue weighted by molar-refractivity contribution is -0.192. The second-order valence-electron chi connectivity index (χ2n) is 7.30. The fourth-order valence-electron chi connectivity index (χ4n) is 3.21. The number of carbonyl (C=O) groups is 1. The highest BCUT2D eigenvalue weighted by molar-refractivity contribution is 5.73. The van der Waals surface area contributed by atoms with Gasteiger partial charge in [-0.25, -0.2) is 4.79 Å². The number of furan rings is 1. The number of ether oxygens (including phenoxy) is 1. The molecule has 1 aliphatic carbocycles. The Balaban J connectivity index is 0.000000298. The van der Waals surface area contributed by atoms with Crippen LogP contribution >= 0.6 is 0 Å². The molecule has 3 heterocycles. The molecule has 10 heteroatoms. The Labute approximate surface area is 166 Å². The minimum Gasteiger partial charge on any atom is -0.475 e. The lowest BCUT2D eigenvalue weighted by atomic mass is 10.1. The van der Waals surface area contributed by atoms with Crippen molar-refractivity contribution in [3.63, 3.8) is 0 Å². The molecule has 1 N–H and O–H groups in total. The number of carboxylic acids is 1. The van der Waals surface area contributed by atoms with Crippen LogP contribution in [0.3, 0.4) is 0 Å². The van der Waals surface area contributed by atoms with Crippen LogP contribution in [0.1, 0.15) is 35.6 Å². The summed E-state index contributed by atoms with van der Waals surface area (Å²) in [7, 11) is 2.05. The van der Waals surface area contributed by atoms with E-state index in [1.807, 2.05) is 23.9 Å². The summed E-state index contributed by atoms with van der Waals surface area (Å²) < 4.78 is 45.1. The molecule has 4 rings (SSSR count). The largest absolute Gasteiger partial charge is 0.490 e. The molecular formula is C19H24F3N3O4. The molecule has 29 heavy (non-hydrogen) atoms. The van der Waals surface area contributed by atoms with Crippen LogP contribution in [0.15, 0.2) is 22.8 Å². The Morgan fingerprint density at radius 1 is 1.41 bits per heavy atom. The number of nitrogens with zero attached hydrogens (tertiary/aromatic N) is 3. The Morgan fingerprint density at radius 2 is 2.14 bits per heavy atom. The molecule has 1 saturated carbocycles. The van der Waals surface area contributed by atoms with Crippen molar-refractivity contribution in [1.82, 2.24) is 14.7 Å². The van der Waals surface area contributed by atoms with Gasteiger partial charge in [0, 0.05) is 44.4 Å². The Morgan fingerprint density at radius 3 is 2.72 bits per heavy atom. The summed E-state index contributed by atoms with van der Waals surface area (Å²) in [5.74, 6) is -0.929. The van der Waals surface area contributed by atoms with Crippen LogP contribution < -0.4 is 0 Å². The van der Waals surface area contributed by atoms with Crippen molar-refractivity contribution >= 4 is 5.97 Å². The number of aryl methyl sites for hydroxylation is 1. The van der Waals surface area contributed by atoms with Crippen LogP contribution in [0.25, 0.3) is 0 Å². The molecule has 0 bridgehead atoms. The second kappa shape index (κ2) is 9.00. The van der Waals surface area contributed by atoms with E-state index in [4.69, 9.17) is 19.1 Å². The zero-order chi connectivity index (χ0) is 21.0. The maximum atomic E-state index is 10.6. The average molecular weight is 415 g/mol. The highest BCUT2D eigenvalue weighted by atomic mass is 19.4. The van der Waals surface area contributed by atoms with Gasteiger partial charge < -0.3 is 14.3 Å². The van der Waals surface area contributed by atoms with Gasteiger partial charge in [-0.2, -0.15) is 18.3 Å². The number of hydrogen-bond donors (Lipinski definition) is 1. The fraction of sp³-hybridized carbons (Fsp3) is 0.579. The summed E-state index contributed by atoms with van der Waals surface area (Å²) in [5, 5.41) is 11.8. The molecule has 0 amide bonds. The van der Waals surface area contributed by atoms with Crippen LogP contribution in [0, 0.1) is 5.92 Å². The van der Waals surface area contributed by atoms with Gasteiger partial charge >= 0.3 is 12.1 Å². The first-order valence-corrected chi connectivity index (χ1v) is 9.40. The third kappa shape index (κ3) is 6.07. The Kier molecular flexibility index (Phi) is 6.63. The van der Waals surface area contributed by atoms with E-state index < -0.39 is 12.1 Å². The predicted molar refractivity (Wildman–Crippen MR) is 95.8 cm³/mol. The SMILES string of the molecule is Cn1nc(COCC2CC2)c2c1CCN(Cc1ccco1)C2.O=C(O)C(F)(F)F. The third-order valence-electron chi connectivity index (χ3n) is 4.90. The normalized spacial score (nSPS) is 16.8. The summed E-state index contributed by atoms with van der Waals surface area (Å²) >= 11 is 0. The molecule has 1 fully saturated rings. The van der Waals surface area contributed by atoms with Gasteiger partial charge in [0.1, 0.15) is 5.76 Å². The van der Waals surface area contributed by atoms with Gasteiger partial charge in [0.15, 0.2) is 0 Å². The molecule has 0 aromatic carbocycles. The highest BCUT2D eigenvalue weighted by Crippen LogP contribution is 2.30. The minimum atomic E-state index is -5.08. The molecule has 2 aliphatic rings. The standard InChI is InChI=1S/C17H23N3O2.C2HF3O2/c1-19-17-6-7-20(9-14-3-2-8-22-14)10-15(17)16(18-19)12-21-11-13-4-5-13;3-2(4,5)1(6)7/h2-3,8,13H,4-7,9-12H2,1H3;(H,6,7). The number of carboxylic acid groups (broad SMARTS) is 1. The monoisotopic (exact) mass is 415 g/mol. The lowest BCUT2D eigenvalue weighted by Crippen LogP contribution is -2.30.